The SMILES string of the molecule is CC[C@H](C)NC(=O)C(=O)N/N=C\c1cc(I)c(OCC(=O)Nc2cc(C)cc(C)c2)c(OC)c1. The zero-order valence-corrected chi connectivity index (χ0v) is 22.0. The van der Waals surface area contributed by atoms with Crippen LogP contribution in [0.25, 0.3) is 0 Å². The highest BCUT2D eigenvalue weighted by atomic mass is 127. The number of nitrogens with one attached hydrogen (secondary N) is 3. The summed E-state index contributed by atoms with van der Waals surface area (Å²) in [5, 5.41) is 9.21. The molecule has 2 aromatic rings. The van der Waals surface area contributed by atoms with Crippen LogP contribution < -0.4 is 25.5 Å². The molecule has 2 aromatic carbocycles. The van der Waals surface area contributed by atoms with Gasteiger partial charge in [0.25, 0.3) is 5.91 Å². The van der Waals surface area contributed by atoms with Crippen molar-refractivity contribution in [2.75, 3.05) is 19.0 Å². The number of halogens is 1. The van der Waals surface area contributed by atoms with Gasteiger partial charge in [0.05, 0.1) is 16.9 Å². The van der Waals surface area contributed by atoms with E-state index >= 15 is 0 Å². The molecule has 0 radical (unpaired) electrons. The minimum atomic E-state index is -0.854. The number of hydrogen-bond donors (Lipinski definition) is 3. The lowest BCUT2D eigenvalue weighted by molar-refractivity contribution is -0.139. The van der Waals surface area contributed by atoms with Gasteiger partial charge in [-0.1, -0.05) is 13.0 Å². The van der Waals surface area contributed by atoms with Crippen LogP contribution in [0.2, 0.25) is 0 Å². The summed E-state index contributed by atoms with van der Waals surface area (Å²) in [5.74, 6) is -1.09. The van der Waals surface area contributed by atoms with Crippen molar-refractivity contribution in [3.63, 3.8) is 0 Å². The number of rotatable bonds is 9. The Morgan fingerprint density at radius 3 is 2.38 bits per heavy atom. The average Bonchev–Trinajstić information content (AvgIpc) is 2.76. The van der Waals surface area contributed by atoms with E-state index in [9.17, 15) is 14.4 Å². The molecule has 1 atom stereocenters. The molecule has 0 unspecified atom stereocenters. The number of methoxy groups -OCH3 is 1. The molecule has 182 valence electrons. The molecule has 0 fully saturated rings. The molecule has 10 heteroatoms. The van der Waals surface area contributed by atoms with Crippen molar-refractivity contribution in [2.45, 2.75) is 40.2 Å². The molecular formula is C24H29IN4O5. The summed E-state index contributed by atoms with van der Waals surface area (Å²) in [4.78, 5) is 35.9. The first-order chi connectivity index (χ1) is 16.1. The van der Waals surface area contributed by atoms with Crippen LogP contribution in [0.5, 0.6) is 11.5 Å². The number of benzene rings is 2. The number of carbonyl (C=O) groups is 3. The predicted octanol–water partition coefficient (Wildman–Crippen LogP) is 3.30. The molecule has 3 amide bonds. The fourth-order valence-corrected chi connectivity index (χ4v) is 3.72. The second-order valence-electron chi connectivity index (χ2n) is 7.73. The molecule has 34 heavy (non-hydrogen) atoms. The highest BCUT2D eigenvalue weighted by Crippen LogP contribution is 2.33. The second-order valence-corrected chi connectivity index (χ2v) is 8.89. The van der Waals surface area contributed by atoms with Gasteiger partial charge in [-0.15, -0.1) is 0 Å². The fourth-order valence-electron chi connectivity index (χ4n) is 2.94. The third kappa shape index (κ3) is 8.32. The highest BCUT2D eigenvalue weighted by molar-refractivity contribution is 14.1. The highest BCUT2D eigenvalue weighted by Gasteiger charge is 2.15. The normalized spacial score (nSPS) is 11.6. The molecule has 0 spiro atoms. The van der Waals surface area contributed by atoms with Gasteiger partial charge in [0, 0.05) is 11.7 Å². The van der Waals surface area contributed by atoms with E-state index in [1.165, 1.54) is 13.3 Å². The number of amides is 3. The monoisotopic (exact) mass is 580 g/mol. The van der Waals surface area contributed by atoms with E-state index in [2.05, 4.69) is 43.8 Å². The van der Waals surface area contributed by atoms with Gasteiger partial charge in [-0.05, 0) is 90.7 Å². The number of carbonyl (C=O) groups excluding carboxylic acids is 3. The molecule has 0 heterocycles. The Morgan fingerprint density at radius 2 is 1.76 bits per heavy atom. The van der Waals surface area contributed by atoms with Gasteiger partial charge in [-0.3, -0.25) is 14.4 Å². The van der Waals surface area contributed by atoms with E-state index in [4.69, 9.17) is 9.47 Å². The second kappa shape index (κ2) is 12.9. The molecule has 0 aliphatic carbocycles. The van der Waals surface area contributed by atoms with Crippen LogP contribution in [0.3, 0.4) is 0 Å². The Morgan fingerprint density at radius 1 is 1.09 bits per heavy atom. The van der Waals surface area contributed by atoms with Crippen molar-refractivity contribution in [3.8, 4) is 11.5 Å². The summed E-state index contributed by atoms with van der Waals surface area (Å²) in [5.41, 5.74) is 5.61. The summed E-state index contributed by atoms with van der Waals surface area (Å²) >= 11 is 2.06. The molecule has 2 rings (SSSR count). The van der Waals surface area contributed by atoms with Crippen molar-refractivity contribution >= 4 is 52.2 Å². The first kappa shape index (κ1) is 27.1. The molecule has 0 aliphatic heterocycles. The largest absolute Gasteiger partial charge is 0.493 e. The van der Waals surface area contributed by atoms with Crippen LogP contribution >= 0.6 is 22.6 Å². The summed E-state index contributed by atoms with van der Waals surface area (Å²) < 4.78 is 11.8. The van der Waals surface area contributed by atoms with E-state index in [0.717, 1.165) is 11.1 Å². The lowest BCUT2D eigenvalue weighted by Gasteiger charge is -2.14. The predicted molar refractivity (Wildman–Crippen MR) is 139 cm³/mol. The van der Waals surface area contributed by atoms with Gasteiger partial charge in [0.1, 0.15) is 0 Å². The lowest BCUT2D eigenvalue weighted by Crippen LogP contribution is -2.41. The van der Waals surface area contributed by atoms with E-state index in [1.807, 2.05) is 39.0 Å². The third-order valence-electron chi connectivity index (χ3n) is 4.68. The van der Waals surface area contributed by atoms with Crippen LogP contribution in [0.15, 0.2) is 35.4 Å². The maximum absolute atomic E-state index is 12.4. The van der Waals surface area contributed by atoms with Crippen molar-refractivity contribution in [1.29, 1.82) is 0 Å². The number of aryl methyl sites for hydroxylation is 2. The zero-order chi connectivity index (χ0) is 25.3. The maximum Gasteiger partial charge on any atom is 0.329 e. The summed E-state index contributed by atoms with van der Waals surface area (Å²) in [6.45, 7) is 7.43. The molecule has 0 saturated carbocycles. The van der Waals surface area contributed by atoms with Gasteiger partial charge in [-0.2, -0.15) is 5.10 Å². The zero-order valence-electron chi connectivity index (χ0n) is 19.8. The van der Waals surface area contributed by atoms with Crippen LogP contribution in [-0.2, 0) is 14.4 Å². The first-order valence-corrected chi connectivity index (χ1v) is 11.7. The van der Waals surface area contributed by atoms with Gasteiger partial charge in [0.15, 0.2) is 18.1 Å². The fraction of sp³-hybridized carbons (Fsp3) is 0.333. The third-order valence-corrected chi connectivity index (χ3v) is 5.48. The Balaban J connectivity index is 2.00. The smallest absolute Gasteiger partial charge is 0.329 e. The summed E-state index contributed by atoms with van der Waals surface area (Å²) in [6.07, 6.45) is 2.10. The van der Waals surface area contributed by atoms with E-state index in [1.54, 1.807) is 19.1 Å². The van der Waals surface area contributed by atoms with E-state index in [-0.39, 0.29) is 18.6 Å². The van der Waals surface area contributed by atoms with Crippen molar-refractivity contribution < 1.29 is 23.9 Å². The molecular weight excluding hydrogens is 551 g/mol. The lowest BCUT2D eigenvalue weighted by atomic mass is 10.1. The van der Waals surface area contributed by atoms with Crippen molar-refractivity contribution in [1.82, 2.24) is 10.7 Å². The summed E-state index contributed by atoms with van der Waals surface area (Å²) in [6, 6.07) is 9.08. The minimum absolute atomic E-state index is 0.108. The molecule has 0 saturated heterocycles. The number of hydrogen-bond acceptors (Lipinski definition) is 6. The molecule has 0 bridgehead atoms. The van der Waals surface area contributed by atoms with Gasteiger partial charge in [0.2, 0.25) is 0 Å². The van der Waals surface area contributed by atoms with Gasteiger partial charge in [-0.25, -0.2) is 5.43 Å². The maximum atomic E-state index is 12.4. The molecule has 0 aromatic heterocycles. The van der Waals surface area contributed by atoms with Crippen LogP contribution in [0, 0.1) is 17.4 Å². The van der Waals surface area contributed by atoms with Crippen molar-refractivity contribution in [2.24, 2.45) is 5.10 Å². The standard InChI is InChI=1S/C24H29IN4O5/c1-6-16(4)27-23(31)24(32)29-26-12-17-10-19(25)22(20(11-17)33-5)34-13-21(30)28-18-8-14(2)7-15(3)9-18/h7-12,16H,6,13H2,1-5H3,(H,27,31)(H,28,30)(H,29,32)/b26-12-/t16-/m0/s1. The van der Waals surface area contributed by atoms with Crippen LogP contribution in [0.1, 0.15) is 37.0 Å². The summed E-state index contributed by atoms with van der Waals surface area (Å²) in [7, 11) is 1.48. The van der Waals surface area contributed by atoms with Crippen LogP contribution in [0.4, 0.5) is 5.69 Å². The number of anilines is 1. The van der Waals surface area contributed by atoms with E-state index < -0.39 is 11.8 Å². The Labute approximate surface area is 212 Å². The van der Waals surface area contributed by atoms with Gasteiger partial charge < -0.3 is 20.1 Å². The van der Waals surface area contributed by atoms with Crippen molar-refractivity contribution in [3.05, 3.63) is 50.6 Å². The molecule has 9 nitrogen and oxygen atoms in total. The number of nitrogens with zero attached hydrogens (tertiary/aromatic N) is 1. The minimum Gasteiger partial charge on any atom is -0.493 e. The Bertz CT molecular complexity index is 1070. The quantitative estimate of drug-likeness (QED) is 0.182. The topological polar surface area (TPSA) is 118 Å². The Kier molecular flexibility index (Phi) is 10.3. The number of hydrazone groups is 1. The first-order valence-electron chi connectivity index (χ1n) is 10.6. The van der Waals surface area contributed by atoms with E-state index in [0.29, 0.717) is 32.7 Å². The number of ether oxygens (including phenoxy) is 2. The van der Waals surface area contributed by atoms with Crippen LogP contribution in [-0.4, -0.2) is 43.7 Å². The Hall–Kier alpha value is -3.15. The average molecular weight is 580 g/mol. The molecule has 0 aliphatic rings. The van der Waals surface area contributed by atoms with Gasteiger partial charge >= 0.3 is 11.8 Å². The molecule has 3 N–H and O–H groups in total.